The molecule has 1 aliphatic heterocycles. The molecule has 0 amide bonds. The van der Waals surface area contributed by atoms with Gasteiger partial charge in [-0.3, -0.25) is 9.69 Å². The first-order valence-electron chi connectivity index (χ1n) is 10.6. The number of ether oxygens (including phenoxy) is 1. The number of methoxy groups -OCH3 is 1. The van der Waals surface area contributed by atoms with Crippen molar-refractivity contribution in [3.05, 3.63) is 50.4 Å². The molecule has 0 N–H and O–H groups in total. The van der Waals surface area contributed by atoms with Gasteiger partial charge in [-0.05, 0) is 56.0 Å². The van der Waals surface area contributed by atoms with E-state index in [1.54, 1.807) is 36.7 Å². The smallest absolute Gasteiger partial charge is 0.263 e. The van der Waals surface area contributed by atoms with Crippen LogP contribution in [0.1, 0.15) is 37.0 Å². The number of hydrogen-bond donors (Lipinski definition) is 0. The third kappa shape index (κ3) is 4.65. The molecular formula is C24H31ClF2N2O2. The van der Waals surface area contributed by atoms with E-state index >= 15 is 0 Å². The molecule has 0 radical (unpaired) electrons. The van der Waals surface area contributed by atoms with Gasteiger partial charge in [-0.2, -0.15) is 0 Å². The van der Waals surface area contributed by atoms with E-state index in [-0.39, 0.29) is 18.0 Å². The minimum atomic E-state index is -2.73. The lowest BCUT2D eigenvalue weighted by Gasteiger charge is -2.40. The predicted molar refractivity (Wildman–Crippen MR) is 121 cm³/mol. The second kappa shape index (κ2) is 8.91. The summed E-state index contributed by atoms with van der Waals surface area (Å²) < 4.78 is 36.5. The average molecular weight is 453 g/mol. The second-order valence-corrected chi connectivity index (χ2v) is 9.37. The van der Waals surface area contributed by atoms with E-state index in [9.17, 15) is 13.6 Å². The highest BCUT2D eigenvalue weighted by Gasteiger charge is 2.45. The highest BCUT2D eigenvalue weighted by molar-refractivity contribution is 6.32. The summed E-state index contributed by atoms with van der Waals surface area (Å²) >= 11 is 6.63. The standard InChI is InChI=1S/C24H31ClF2N2O2/c1-14(2)20-7-8-29(13-24(20,26)27)12-19-21(25)9-17(10-22(19)31-6)18-11-28(5)23(30)16(4)15(18)3/h9-11,14,20H,7-8,12-13H2,1-6H3. The van der Waals surface area contributed by atoms with Gasteiger partial charge in [0.2, 0.25) is 0 Å². The number of aromatic nitrogens is 1. The molecule has 170 valence electrons. The molecule has 4 nitrogen and oxygen atoms in total. The minimum Gasteiger partial charge on any atom is -0.496 e. The van der Waals surface area contributed by atoms with Crippen molar-refractivity contribution >= 4 is 11.6 Å². The largest absolute Gasteiger partial charge is 0.496 e. The summed E-state index contributed by atoms with van der Waals surface area (Å²) in [4.78, 5) is 14.0. The molecule has 1 aromatic heterocycles. The van der Waals surface area contributed by atoms with Crippen molar-refractivity contribution in [2.45, 2.75) is 46.6 Å². The summed E-state index contributed by atoms with van der Waals surface area (Å²) in [5.74, 6) is -2.82. The van der Waals surface area contributed by atoms with Gasteiger partial charge in [0, 0.05) is 47.4 Å². The lowest BCUT2D eigenvalue weighted by atomic mass is 9.83. The van der Waals surface area contributed by atoms with Crippen molar-refractivity contribution in [1.82, 2.24) is 9.47 Å². The van der Waals surface area contributed by atoms with Crippen LogP contribution in [0.15, 0.2) is 23.1 Å². The Kier molecular flexibility index (Phi) is 6.82. The quantitative estimate of drug-likeness (QED) is 0.605. The molecule has 31 heavy (non-hydrogen) atoms. The highest BCUT2D eigenvalue weighted by Crippen LogP contribution is 2.40. The number of nitrogens with zero attached hydrogens (tertiary/aromatic N) is 2. The fourth-order valence-electron chi connectivity index (χ4n) is 4.58. The summed E-state index contributed by atoms with van der Waals surface area (Å²) in [6.45, 7) is 8.03. The highest BCUT2D eigenvalue weighted by atomic mass is 35.5. The van der Waals surface area contributed by atoms with E-state index in [4.69, 9.17) is 16.3 Å². The molecule has 7 heteroatoms. The van der Waals surface area contributed by atoms with Crippen molar-refractivity contribution in [2.24, 2.45) is 18.9 Å². The Morgan fingerprint density at radius 1 is 1.26 bits per heavy atom. The number of alkyl halides is 2. The van der Waals surface area contributed by atoms with E-state index in [0.717, 1.165) is 16.7 Å². The Labute approximate surface area is 187 Å². The van der Waals surface area contributed by atoms with Crippen molar-refractivity contribution < 1.29 is 13.5 Å². The summed E-state index contributed by atoms with van der Waals surface area (Å²) in [7, 11) is 3.27. The van der Waals surface area contributed by atoms with E-state index in [1.807, 2.05) is 32.9 Å². The first-order chi connectivity index (χ1) is 14.5. The van der Waals surface area contributed by atoms with Gasteiger partial charge in [0.05, 0.1) is 13.7 Å². The summed E-state index contributed by atoms with van der Waals surface area (Å²) in [5.41, 5.74) is 3.92. The summed E-state index contributed by atoms with van der Waals surface area (Å²) in [6, 6.07) is 3.69. The zero-order chi connectivity index (χ0) is 23.1. The Bertz CT molecular complexity index is 1030. The zero-order valence-corrected chi connectivity index (χ0v) is 19.8. The second-order valence-electron chi connectivity index (χ2n) is 8.96. The lowest BCUT2D eigenvalue weighted by molar-refractivity contribution is -0.126. The Balaban J connectivity index is 1.94. The molecule has 3 rings (SSSR count). The predicted octanol–water partition coefficient (Wildman–Crippen LogP) is 5.44. The van der Waals surface area contributed by atoms with Crippen LogP contribution < -0.4 is 10.3 Å². The summed E-state index contributed by atoms with van der Waals surface area (Å²) in [6.07, 6.45) is 2.24. The maximum absolute atomic E-state index is 14.7. The third-order valence-corrected chi connectivity index (χ3v) is 6.87. The first-order valence-corrected chi connectivity index (χ1v) is 11.0. The van der Waals surface area contributed by atoms with Crippen LogP contribution in [0.25, 0.3) is 11.1 Å². The van der Waals surface area contributed by atoms with Crippen molar-refractivity contribution in [3.63, 3.8) is 0 Å². The molecule has 0 spiro atoms. The number of hydrogen-bond acceptors (Lipinski definition) is 3. The van der Waals surface area contributed by atoms with Gasteiger partial charge in [-0.1, -0.05) is 25.4 Å². The molecular weight excluding hydrogens is 422 g/mol. The normalized spacial score (nSPS) is 19.1. The van der Waals surface area contributed by atoms with Gasteiger partial charge >= 0.3 is 0 Å². The number of piperidine rings is 1. The first kappa shape index (κ1) is 23.7. The van der Waals surface area contributed by atoms with Gasteiger partial charge < -0.3 is 9.30 Å². The van der Waals surface area contributed by atoms with Gasteiger partial charge in [-0.25, -0.2) is 8.78 Å². The zero-order valence-electron chi connectivity index (χ0n) is 19.1. The fourth-order valence-corrected chi connectivity index (χ4v) is 4.85. The van der Waals surface area contributed by atoms with Crippen LogP contribution in [0.5, 0.6) is 5.75 Å². The van der Waals surface area contributed by atoms with E-state index in [0.29, 0.717) is 41.4 Å². The monoisotopic (exact) mass is 452 g/mol. The topological polar surface area (TPSA) is 34.5 Å². The molecule has 1 aliphatic rings. The molecule has 1 unspecified atom stereocenters. The van der Waals surface area contributed by atoms with Crippen LogP contribution in [0, 0.1) is 25.7 Å². The Morgan fingerprint density at radius 3 is 2.52 bits per heavy atom. The van der Waals surface area contributed by atoms with E-state index < -0.39 is 11.8 Å². The minimum absolute atomic E-state index is 0.0401. The molecule has 2 heterocycles. The molecule has 1 saturated heterocycles. The Morgan fingerprint density at radius 2 is 1.94 bits per heavy atom. The molecule has 0 saturated carbocycles. The summed E-state index contributed by atoms with van der Waals surface area (Å²) in [5, 5.41) is 0.467. The molecule has 0 bridgehead atoms. The maximum Gasteiger partial charge on any atom is 0.263 e. The lowest BCUT2D eigenvalue weighted by Crippen LogP contribution is -2.49. The van der Waals surface area contributed by atoms with Crippen LogP contribution in [0.4, 0.5) is 8.78 Å². The van der Waals surface area contributed by atoms with E-state index in [1.165, 1.54) is 0 Å². The number of benzene rings is 1. The van der Waals surface area contributed by atoms with Gasteiger partial charge in [0.1, 0.15) is 5.75 Å². The maximum atomic E-state index is 14.7. The van der Waals surface area contributed by atoms with Crippen molar-refractivity contribution in [1.29, 1.82) is 0 Å². The Hall–Kier alpha value is -1.92. The number of halogens is 3. The van der Waals surface area contributed by atoms with Crippen LogP contribution in [-0.4, -0.2) is 35.6 Å². The van der Waals surface area contributed by atoms with Crippen LogP contribution in [0.3, 0.4) is 0 Å². The SMILES string of the molecule is COc1cc(-c2cn(C)c(=O)c(C)c2C)cc(Cl)c1CN1CCC(C(C)C)C(F)(F)C1. The average Bonchev–Trinajstić information content (AvgIpc) is 2.69. The van der Waals surface area contributed by atoms with Crippen LogP contribution >= 0.6 is 11.6 Å². The molecule has 1 aromatic carbocycles. The number of likely N-dealkylation sites (tertiary alicyclic amines) is 1. The molecule has 0 aliphatic carbocycles. The molecule has 1 fully saturated rings. The van der Waals surface area contributed by atoms with Crippen LogP contribution in [0.2, 0.25) is 5.02 Å². The van der Waals surface area contributed by atoms with E-state index in [2.05, 4.69) is 0 Å². The van der Waals surface area contributed by atoms with Crippen molar-refractivity contribution in [3.8, 4) is 16.9 Å². The fraction of sp³-hybridized carbons (Fsp3) is 0.542. The van der Waals surface area contributed by atoms with Gasteiger partial charge in [0.15, 0.2) is 0 Å². The number of aryl methyl sites for hydroxylation is 1. The van der Waals surface area contributed by atoms with Crippen molar-refractivity contribution in [2.75, 3.05) is 20.2 Å². The van der Waals surface area contributed by atoms with Crippen LogP contribution in [-0.2, 0) is 13.6 Å². The van der Waals surface area contributed by atoms with Gasteiger partial charge in [0.25, 0.3) is 11.5 Å². The third-order valence-electron chi connectivity index (χ3n) is 6.54. The number of rotatable bonds is 5. The molecule has 1 atom stereocenters. The number of pyridine rings is 1. The molecule has 2 aromatic rings. The van der Waals surface area contributed by atoms with Gasteiger partial charge in [-0.15, -0.1) is 0 Å².